The van der Waals surface area contributed by atoms with Crippen molar-refractivity contribution >= 4 is 0 Å². The summed E-state index contributed by atoms with van der Waals surface area (Å²) in [5.41, 5.74) is 0. The largest absolute Gasteiger partial charge is 0.0885 e. The Labute approximate surface area is 78.1 Å². The Kier molecular flexibility index (Phi) is 10.5. The van der Waals surface area contributed by atoms with Crippen LogP contribution in [-0.4, -0.2) is 0 Å². The quantitative estimate of drug-likeness (QED) is 0.372. The van der Waals surface area contributed by atoms with Crippen LogP contribution < -0.4 is 0 Å². The smallest absolute Gasteiger partial charge is 0.0351 e. The van der Waals surface area contributed by atoms with Crippen LogP contribution in [0.1, 0.15) is 51.9 Å². The number of hydrogen-bond acceptors (Lipinski definition) is 0. The summed E-state index contributed by atoms with van der Waals surface area (Å²) >= 11 is 0. The lowest BCUT2D eigenvalue weighted by Gasteiger charge is -1.95. The van der Waals surface area contributed by atoms with E-state index < -0.39 is 0 Å². The molecule has 0 rings (SSSR count). The normalized spacial score (nSPS) is 11.2. The van der Waals surface area contributed by atoms with Gasteiger partial charge in [-0.25, -0.2) is 0 Å². The number of rotatable bonds is 8. The molecule has 70 valence electrons. The van der Waals surface area contributed by atoms with Crippen molar-refractivity contribution in [3.63, 3.8) is 0 Å². The van der Waals surface area contributed by atoms with Crippen LogP contribution in [0, 0.1) is 13.3 Å². The Balaban J connectivity index is 2.90. The van der Waals surface area contributed by atoms with Crippen LogP contribution >= 0.6 is 0 Å². The molecule has 0 spiro atoms. The average Bonchev–Trinajstić information content (AvgIpc) is 2.10. The van der Waals surface area contributed by atoms with E-state index in [1.165, 1.54) is 32.1 Å². The molecule has 0 saturated carbocycles. The average molecular weight is 166 g/mol. The molecule has 0 amide bonds. The second-order valence-electron chi connectivity index (χ2n) is 3.16. The van der Waals surface area contributed by atoms with E-state index >= 15 is 0 Å². The molecule has 0 saturated heterocycles. The van der Waals surface area contributed by atoms with E-state index in [2.05, 4.69) is 32.4 Å². The molecule has 2 radical (unpaired) electrons. The van der Waals surface area contributed by atoms with Gasteiger partial charge in [-0.2, -0.15) is 0 Å². The molecule has 0 heterocycles. The van der Waals surface area contributed by atoms with Crippen molar-refractivity contribution < 1.29 is 0 Å². The first-order valence-corrected chi connectivity index (χ1v) is 5.14. The fourth-order valence-corrected chi connectivity index (χ4v) is 1.14. The highest BCUT2D eigenvalue weighted by atomic mass is 13.9. The van der Waals surface area contributed by atoms with E-state index in [1.807, 2.05) is 0 Å². The molecule has 0 aromatic rings. The molecule has 0 aliphatic rings. The summed E-state index contributed by atoms with van der Waals surface area (Å²) < 4.78 is 0. The minimum Gasteiger partial charge on any atom is -0.0885 e. The summed E-state index contributed by atoms with van der Waals surface area (Å²) in [5.74, 6) is 0. The monoisotopic (exact) mass is 166 g/mol. The van der Waals surface area contributed by atoms with Gasteiger partial charge in [-0.05, 0) is 32.1 Å². The molecule has 12 heavy (non-hydrogen) atoms. The number of unbranched alkanes of at least 4 members (excludes halogenated alkanes) is 6. The zero-order valence-corrected chi connectivity index (χ0v) is 8.39. The van der Waals surface area contributed by atoms with Crippen molar-refractivity contribution in [2.24, 2.45) is 0 Å². The summed E-state index contributed by atoms with van der Waals surface area (Å²) in [7, 11) is 0. The third kappa shape index (κ3) is 9.74. The Morgan fingerprint density at radius 2 is 1.58 bits per heavy atom. The van der Waals surface area contributed by atoms with Gasteiger partial charge >= 0.3 is 0 Å². The van der Waals surface area contributed by atoms with Crippen LogP contribution in [0.2, 0.25) is 0 Å². The Hall–Kier alpha value is -0.260. The first kappa shape index (κ1) is 11.7. The number of allylic oxidation sites excluding steroid dienone is 2. The molecular formula is C12H22. The van der Waals surface area contributed by atoms with E-state index in [4.69, 9.17) is 0 Å². The zero-order chi connectivity index (χ0) is 9.07. The van der Waals surface area contributed by atoms with Crippen molar-refractivity contribution in [2.45, 2.75) is 51.9 Å². The molecular weight excluding hydrogens is 144 g/mol. The predicted molar refractivity (Wildman–Crippen MR) is 56.8 cm³/mol. The van der Waals surface area contributed by atoms with Crippen LogP contribution in [0.15, 0.2) is 12.2 Å². The molecule has 0 aliphatic carbocycles. The van der Waals surface area contributed by atoms with Gasteiger partial charge in [0, 0.05) is 0 Å². The third-order valence-electron chi connectivity index (χ3n) is 1.90. The van der Waals surface area contributed by atoms with Crippen molar-refractivity contribution in [3.05, 3.63) is 25.5 Å². The molecule has 0 heteroatoms. The van der Waals surface area contributed by atoms with Gasteiger partial charge in [0.15, 0.2) is 0 Å². The first-order chi connectivity index (χ1) is 5.91. The maximum atomic E-state index is 3.79. The highest BCUT2D eigenvalue weighted by molar-refractivity contribution is 4.81. The van der Waals surface area contributed by atoms with E-state index in [9.17, 15) is 0 Å². The molecule has 0 aromatic carbocycles. The second-order valence-corrected chi connectivity index (χ2v) is 3.16. The summed E-state index contributed by atoms with van der Waals surface area (Å²) in [6.45, 7) is 5.92. The van der Waals surface area contributed by atoms with Crippen molar-refractivity contribution in [1.29, 1.82) is 0 Å². The van der Waals surface area contributed by atoms with Crippen molar-refractivity contribution in [2.75, 3.05) is 0 Å². The predicted octanol–water partition coefficient (Wildman–Crippen LogP) is 4.33. The summed E-state index contributed by atoms with van der Waals surface area (Å²) in [4.78, 5) is 0. The summed E-state index contributed by atoms with van der Waals surface area (Å²) in [6, 6.07) is 0. The Morgan fingerprint density at radius 3 is 2.25 bits per heavy atom. The van der Waals surface area contributed by atoms with Crippen LogP contribution in [0.3, 0.4) is 0 Å². The van der Waals surface area contributed by atoms with E-state index in [0.29, 0.717) is 0 Å². The molecule has 0 N–H and O–H groups in total. The van der Waals surface area contributed by atoms with Gasteiger partial charge < -0.3 is 0 Å². The van der Waals surface area contributed by atoms with Crippen molar-refractivity contribution in [3.8, 4) is 0 Å². The Bertz CT molecular complexity index is 92.2. The second kappa shape index (κ2) is 10.7. The van der Waals surface area contributed by atoms with Gasteiger partial charge in [0.05, 0.1) is 0 Å². The van der Waals surface area contributed by atoms with Gasteiger partial charge in [0.1, 0.15) is 0 Å². The van der Waals surface area contributed by atoms with Crippen LogP contribution in [0.25, 0.3) is 0 Å². The fourth-order valence-electron chi connectivity index (χ4n) is 1.14. The van der Waals surface area contributed by atoms with E-state index in [1.54, 1.807) is 0 Å². The van der Waals surface area contributed by atoms with Crippen molar-refractivity contribution in [1.82, 2.24) is 0 Å². The lowest BCUT2D eigenvalue weighted by Crippen LogP contribution is -1.76. The minimum atomic E-state index is 1.03. The summed E-state index contributed by atoms with van der Waals surface area (Å²) in [6.07, 6.45) is 15.6. The lowest BCUT2D eigenvalue weighted by atomic mass is 10.1. The van der Waals surface area contributed by atoms with Crippen LogP contribution in [0.4, 0.5) is 0 Å². The molecule has 0 aliphatic heterocycles. The first-order valence-electron chi connectivity index (χ1n) is 5.14. The zero-order valence-electron chi connectivity index (χ0n) is 8.39. The highest BCUT2D eigenvalue weighted by Crippen LogP contribution is 2.05. The fraction of sp³-hybridized carbons (Fsp3) is 0.667. The van der Waals surface area contributed by atoms with E-state index in [-0.39, 0.29) is 0 Å². The van der Waals surface area contributed by atoms with Crippen LogP contribution in [0.5, 0.6) is 0 Å². The topological polar surface area (TPSA) is 0 Å². The molecule has 0 aromatic heterocycles. The molecule has 0 bridgehead atoms. The number of hydrogen-bond donors (Lipinski definition) is 0. The van der Waals surface area contributed by atoms with E-state index in [0.717, 1.165) is 12.8 Å². The Morgan fingerprint density at radius 1 is 0.917 bits per heavy atom. The lowest BCUT2D eigenvalue weighted by molar-refractivity contribution is 0.681. The minimum absolute atomic E-state index is 1.03. The molecule has 0 atom stereocenters. The highest BCUT2D eigenvalue weighted by Gasteiger charge is 1.85. The van der Waals surface area contributed by atoms with Crippen LogP contribution in [-0.2, 0) is 0 Å². The van der Waals surface area contributed by atoms with Gasteiger partial charge in [0.25, 0.3) is 0 Å². The van der Waals surface area contributed by atoms with Gasteiger partial charge in [-0.3, -0.25) is 0 Å². The standard InChI is InChI=1S/C12H22/c1-3-5-7-9-11-12-10-8-6-4-2/h4,7,9H,1,3,5-6,8,10-12H2,2H3/b9-7+. The molecule has 0 fully saturated rings. The maximum absolute atomic E-state index is 3.79. The van der Waals surface area contributed by atoms with Gasteiger partial charge in [-0.15, -0.1) is 0 Å². The summed E-state index contributed by atoms with van der Waals surface area (Å²) in [5, 5.41) is 0. The van der Waals surface area contributed by atoms with Gasteiger partial charge in [-0.1, -0.05) is 45.3 Å². The van der Waals surface area contributed by atoms with Gasteiger partial charge in [0.2, 0.25) is 0 Å². The third-order valence-corrected chi connectivity index (χ3v) is 1.90. The molecule has 0 unspecified atom stereocenters. The molecule has 0 nitrogen and oxygen atoms in total. The SMILES string of the molecule is [CH2]CC/C=C/CCCCC[CH]C. The maximum Gasteiger partial charge on any atom is -0.0351 e.